The maximum Gasteiger partial charge on any atom is 0.315 e. The van der Waals surface area contributed by atoms with Crippen molar-refractivity contribution in [2.75, 3.05) is 58.4 Å². The number of urea groups is 1. The second-order valence-corrected chi connectivity index (χ2v) is 19.2. The molecule has 6 rings (SSSR count). The number of hydrogen-bond acceptors (Lipinski definition) is 22. The third-order valence-corrected chi connectivity index (χ3v) is 14.2. The van der Waals surface area contributed by atoms with Gasteiger partial charge in [-0.05, 0) is 37.5 Å². The molecule has 9 unspecified atom stereocenters. The molecule has 0 spiro atoms. The molecule has 406 valence electrons. The number of hydrogen-bond donors (Lipinski definition) is 15. The molecule has 5 saturated heterocycles. The summed E-state index contributed by atoms with van der Waals surface area (Å²) in [4.78, 5) is 61.6. The minimum absolute atomic E-state index is 0.0802. The molecule has 1 aromatic carbocycles. The van der Waals surface area contributed by atoms with E-state index in [0.29, 0.717) is 18.1 Å². The fourth-order valence-corrected chi connectivity index (χ4v) is 10.4. The summed E-state index contributed by atoms with van der Waals surface area (Å²) in [5.41, 5.74) is 0.273. The first-order valence-corrected chi connectivity index (χ1v) is 24.9. The molecule has 5 aliphatic heterocycles. The lowest BCUT2D eigenvalue weighted by atomic mass is 9.95. The fourth-order valence-electron chi connectivity index (χ4n) is 8.85. The quantitative estimate of drug-likeness (QED) is 0.0320. The normalized spacial score (nSPS) is 35.3. The number of nitrogens with one attached hydrogen (secondary N) is 6. The third-order valence-electron chi connectivity index (χ3n) is 12.7. The molecule has 5 aliphatic rings. The number of fused-ring (bicyclic) bond motifs is 1. The predicted molar refractivity (Wildman–Crippen MR) is 245 cm³/mol. The molecule has 6 amide bonds. The standard InChI is InChI=1S/C44H68N6O21S/c1-20(54)48-31-34(59)38(70-43-37(62)39(33(58)25(16-52)68-43)71-42-36(61)35(60)32(57)24(15-51)67-42)26(17-53)69-41(31)65-13-5-10-45-29(56)18-66-22-7-4-6-21(14-22)40(63)47-12-11-46-28(55)9-3-2-8-27-30-23(19-72-27)49-44(64)50-30/h4,6-7,14,23-27,30-39,41-43,51-53,57-62H,2-3,5,8-13,15-19H2,1H3,(H,45,56)(H,46,55)(H,47,63)(H,48,54)(H2,49,50,64)/t23-,24?,25?,26?,27-,30-,31?,32-,33-,34?,35?,36?,37?,38+,39?,41+,42+,43-/m0/s1. The van der Waals surface area contributed by atoms with Crippen LogP contribution in [0.25, 0.3) is 0 Å². The van der Waals surface area contributed by atoms with Crippen molar-refractivity contribution >= 4 is 41.4 Å². The minimum atomic E-state index is -1.98. The molecule has 27 nitrogen and oxygen atoms in total. The van der Waals surface area contributed by atoms with E-state index < -0.39 is 136 Å². The molecular formula is C44H68N6O21S. The van der Waals surface area contributed by atoms with E-state index in [1.165, 1.54) is 6.07 Å². The molecular weight excluding hydrogens is 981 g/mol. The van der Waals surface area contributed by atoms with E-state index in [4.69, 9.17) is 33.2 Å². The van der Waals surface area contributed by atoms with Gasteiger partial charge >= 0.3 is 6.03 Å². The van der Waals surface area contributed by atoms with Gasteiger partial charge in [0.1, 0.15) is 78.9 Å². The Hall–Kier alpha value is -4.08. The summed E-state index contributed by atoms with van der Waals surface area (Å²) in [6.45, 7) is -1.31. The van der Waals surface area contributed by atoms with Gasteiger partial charge < -0.3 is 111 Å². The molecule has 5 heterocycles. The molecule has 0 aromatic heterocycles. The number of carbonyl (C=O) groups excluding carboxylic acids is 5. The van der Waals surface area contributed by atoms with Crippen molar-refractivity contribution in [3.8, 4) is 5.75 Å². The zero-order valence-corrected chi connectivity index (χ0v) is 40.2. The van der Waals surface area contributed by atoms with Crippen molar-refractivity contribution < 1.29 is 103 Å². The number of aliphatic hydroxyl groups excluding tert-OH is 9. The Morgan fingerprint density at radius 3 is 2.11 bits per heavy atom. The molecule has 0 bridgehead atoms. The maximum absolute atomic E-state index is 12.8. The Morgan fingerprint density at radius 1 is 0.722 bits per heavy atom. The van der Waals surface area contributed by atoms with Crippen LogP contribution >= 0.6 is 11.8 Å². The Balaban J connectivity index is 0.892. The van der Waals surface area contributed by atoms with Crippen LogP contribution in [0.1, 0.15) is 49.4 Å². The number of unbranched alkanes of at least 4 members (excludes halogenated alkanes) is 1. The van der Waals surface area contributed by atoms with Crippen LogP contribution in [0.3, 0.4) is 0 Å². The van der Waals surface area contributed by atoms with Crippen molar-refractivity contribution in [3.63, 3.8) is 0 Å². The number of thioether (sulfide) groups is 1. The van der Waals surface area contributed by atoms with E-state index in [0.717, 1.165) is 25.5 Å². The number of benzene rings is 1. The molecule has 0 aliphatic carbocycles. The Bertz CT molecular complexity index is 1950. The average Bonchev–Trinajstić information content (AvgIpc) is 3.93. The van der Waals surface area contributed by atoms with Crippen molar-refractivity contribution in [2.45, 2.75) is 148 Å². The molecule has 5 fully saturated rings. The number of ether oxygens (including phenoxy) is 7. The van der Waals surface area contributed by atoms with Crippen molar-refractivity contribution in [3.05, 3.63) is 29.8 Å². The van der Waals surface area contributed by atoms with E-state index in [-0.39, 0.29) is 68.0 Å². The first-order valence-electron chi connectivity index (χ1n) is 23.8. The van der Waals surface area contributed by atoms with Crippen LogP contribution in [-0.2, 0) is 42.8 Å². The summed E-state index contributed by atoms with van der Waals surface area (Å²) in [6, 6.07) is 5.01. The summed E-state index contributed by atoms with van der Waals surface area (Å²) < 4.78 is 39.7. The Labute approximate surface area is 417 Å². The monoisotopic (exact) mass is 1050 g/mol. The summed E-state index contributed by atoms with van der Waals surface area (Å²) in [6.07, 6.45) is -20.8. The molecule has 1 aromatic rings. The van der Waals surface area contributed by atoms with E-state index in [1.807, 2.05) is 11.8 Å². The summed E-state index contributed by atoms with van der Waals surface area (Å²) in [5, 5.41) is 111. The highest BCUT2D eigenvalue weighted by Gasteiger charge is 2.54. The zero-order valence-electron chi connectivity index (χ0n) is 39.4. The highest BCUT2D eigenvalue weighted by molar-refractivity contribution is 8.00. The first-order chi connectivity index (χ1) is 34.5. The van der Waals surface area contributed by atoms with Crippen LogP contribution in [0.2, 0.25) is 0 Å². The van der Waals surface area contributed by atoms with Crippen molar-refractivity contribution in [2.24, 2.45) is 0 Å². The summed E-state index contributed by atoms with van der Waals surface area (Å²) in [7, 11) is 0. The van der Waals surface area contributed by atoms with Gasteiger partial charge in [0, 0.05) is 49.5 Å². The van der Waals surface area contributed by atoms with Gasteiger partial charge in [-0.15, -0.1) is 0 Å². The second kappa shape index (κ2) is 27.5. The van der Waals surface area contributed by atoms with Gasteiger partial charge in [0.15, 0.2) is 25.5 Å². The Morgan fingerprint density at radius 2 is 1.39 bits per heavy atom. The van der Waals surface area contributed by atoms with E-state index >= 15 is 0 Å². The highest BCUT2D eigenvalue weighted by atomic mass is 32.2. The van der Waals surface area contributed by atoms with E-state index in [2.05, 4.69) is 31.9 Å². The van der Waals surface area contributed by atoms with Crippen molar-refractivity contribution in [1.82, 2.24) is 31.9 Å². The van der Waals surface area contributed by atoms with Gasteiger partial charge in [0.2, 0.25) is 11.8 Å². The zero-order chi connectivity index (χ0) is 52.1. The van der Waals surface area contributed by atoms with Crippen LogP contribution in [0.15, 0.2) is 24.3 Å². The number of rotatable bonds is 25. The third kappa shape index (κ3) is 15.0. The van der Waals surface area contributed by atoms with Crippen molar-refractivity contribution in [1.29, 1.82) is 0 Å². The first kappa shape index (κ1) is 57.2. The van der Waals surface area contributed by atoms with Crippen LogP contribution < -0.4 is 36.6 Å². The topological polar surface area (TPSA) is 404 Å². The summed E-state index contributed by atoms with van der Waals surface area (Å²) >= 11 is 1.83. The number of aliphatic hydroxyl groups is 9. The van der Waals surface area contributed by atoms with E-state index in [9.17, 15) is 69.9 Å². The smallest absolute Gasteiger partial charge is 0.315 e. The van der Waals surface area contributed by atoms with Crippen LogP contribution in [0.4, 0.5) is 4.79 Å². The van der Waals surface area contributed by atoms with Crippen LogP contribution in [0.5, 0.6) is 5.75 Å². The largest absolute Gasteiger partial charge is 0.484 e. The van der Waals surface area contributed by atoms with Gasteiger partial charge in [-0.3, -0.25) is 19.2 Å². The van der Waals surface area contributed by atoms with Gasteiger partial charge in [-0.25, -0.2) is 4.79 Å². The van der Waals surface area contributed by atoms with E-state index in [1.54, 1.807) is 18.2 Å². The number of amides is 6. The molecule has 28 heteroatoms. The predicted octanol–water partition coefficient (Wildman–Crippen LogP) is -6.25. The molecule has 18 atom stereocenters. The van der Waals surface area contributed by atoms with Gasteiger partial charge in [0.25, 0.3) is 11.8 Å². The van der Waals surface area contributed by atoms with Gasteiger partial charge in [0.05, 0.1) is 38.5 Å². The maximum atomic E-state index is 12.8. The van der Waals surface area contributed by atoms with Gasteiger partial charge in [-0.1, -0.05) is 12.5 Å². The highest BCUT2D eigenvalue weighted by Crippen LogP contribution is 2.35. The lowest BCUT2D eigenvalue weighted by Gasteiger charge is -2.48. The molecule has 72 heavy (non-hydrogen) atoms. The lowest BCUT2D eigenvalue weighted by molar-refractivity contribution is -0.376. The van der Waals surface area contributed by atoms with Gasteiger partial charge in [-0.2, -0.15) is 11.8 Å². The number of carbonyl (C=O) groups is 5. The minimum Gasteiger partial charge on any atom is -0.484 e. The molecule has 0 saturated carbocycles. The summed E-state index contributed by atoms with van der Waals surface area (Å²) in [5.74, 6) is -0.525. The molecule has 0 radical (unpaired) electrons. The molecule has 15 N–H and O–H groups in total. The van der Waals surface area contributed by atoms with Crippen LogP contribution in [0, 0.1) is 0 Å². The SMILES string of the molecule is CC(=O)NC1C(O)[C@H](O[C@@H]2OC(CO)[C@H](O)C(O[C@H]3OC(CO)[C@H](O)C(O)C3O)C2O)C(CO)O[C@H]1OCCCNC(=O)COc1cccc(C(=O)NCCNC(=O)CCCC[C@@H]2SC[C@@H]3NC(=O)N[C@@H]32)c1. The van der Waals surface area contributed by atoms with Crippen LogP contribution in [-0.4, -0.2) is 243 Å². The fraction of sp³-hybridized carbons (Fsp3) is 0.750. The average molecular weight is 1050 g/mol. The Kier molecular flexibility index (Phi) is 21.8. The lowest BCUT2D eigenvalue weighted by Crippen LogP contribution is -2.68. The second-order valence-electron chi connectivity index (χ2n) is 17.9.